The lowest BCUT2D eigenvalue weighted by molar-refractivity contribution is -0.146. The van der Waals surface area contributed by atoms with Crippen molar-refractivity contribution in [3.05, 3.63) is 36.0 Å². The zero-order valence-electron chi connectivity index (χ0n) is 15.8. The summed E-state index contributed by atoms with van der Waals surface area (Å²) in [5.41, 5.74) is 1.78. The fourth-order valence-corrected chi connectivity index (χ4v) is 3.85. The lowest BCUT2D eigenvalue weighted by Gasteiger charge is -2.27. The minimum absolute atomic E-state index is 0.0261. The van der Waals surface area contributed by atoms with E-state index in [0.717, 1.165) is 36.6 Å². The van der Waals surface area contributed by atoms with Crippen molar-refractivity contribution >= 4 is 22.8 Å². The van der Waals surface area contributed by atoms with Crippen LogP contribution in [-0.4, -0.2) is 30.1 Å². The van der Waals surface area contributed by atoms with Gasteiger partial charge in [0.2, 0.25) is 0 Å². The first-order valence-corrected chi connectivity index (χ1v) is 9.46. The second-order valence-electron chi connectivity index (χ2n) is 7.54. The summed E-state index contributed by atoms with van der Waals surface area (Å²) in [6.45, 7) is 4.93. The van der Waals surface area contributed by atoms with Crippen LogP contribution in [0.4, 0.5) is 0 Å². The van der Waals surface area contributed by atoms with Gasteiger partial charge in [-0.05, 0) is 69.0 Å². The van der Waals surface area contributed by atoms with Crippen LogP contribution in [0.5, 0.6) is 0 Å². The Hall–Kier alpha value is -2.30. The number of hydrogen-bond acceptors (Lipinski definition) is 3. The molecule has 1 aromatic carbocycles. The Kier molecular flexibility index (Phi) is 5.64. The summed E-state index contributed by atoms with van der Waals surface area (Å²) in [5, 5.41) is 4.22. The number of methoxy groups -OCH3 is 1. The van der Waals surface area contributed by atoms with Crippen LogP contribution in [0.25, 0.3) is 10.9 Å². The lowest BCUT2D eigenvalue weighted by Crippen LogP contribution is -2.32. The number of rotatable bonds is 5. The molecule has 1 heterocycles. The van der Waals surface area contributed by atoms with E-state index < -0.39 is 0 Å². The maximum absolute atomic E-state index is 12.6. The van der Waals surface area contributed by atoms with Crippen molar-refractivity contribution in [2.75, 3.05) is 13.7 Å². The van der Waals surface area contributed by atoms with Gasteiger partial charge in [0.1, 0.15) is 0 Å². The molecule has 0 bridgehead atoms. The smallest absolute Gasteiger partial charge is 0.308 e. The third-order valence-corrected chi connectivity index (χ3v) is 5.47. The number of nitrogens with one attached hydrogen (secondary N) is 1. The Morgan fingerprint density at radius 2 is 1.92 bits per heavy atom. The van der Waals surface area contributed by atoms with E-state index in [0.29, 0.717) is 24.1 Å². The summed E-state index contributed by atoms with van der Waals surface area (Å²) in [4.78, 5) is 24.1. The van der Waals surface area contributed by atoms with Crippen LogP contribution >= 0.6 is 0 Å². The average Bonchev–Trinajstić information content (AvgIpc) is 3.09. The molecule has 140 valence electrons. The number of nitrogens with zero attached hydrogens (tertiary/aromatic N) is 1. The molecule has 0 unspecified atom stereocenters. The van der Waals surface area contributed by atoms with E-state index in [9.17, 15) is 9.59 Å². The first-order chi connectivity index (χ1) is 12.5. The fourth-order valence-electron chi connectivity index (χ4n) is 3.85. The SMILES string of the molecule is COC(=O)C1CCC(CNC(=O)c2ccc3ccn(C(C)C)c3c2)CC1. The molecule has 0 atom stereocenters. The molecule has 0 saturated heterocycles. The molecule has 3 rings (SSSR count). The Balaban J connectivity index is 1.58. The van der Waals surface area contributed by atoms with Crippen LogP contribution < -0.4 is 5.32 Å². The van der Waals surface area contributed by atoms with E-state index in [1.165, 1.54) is 7.11 Å². The van der Waals surface area contributed by atoms with Crippen molar-refractivity contribution in [2.45, 2.75) is 45.6 Å². The number of amides is 1. The van der Waals surface area contributed by atoms with Crippen LogP contribution in [-0.2, 0) is 9.53 Å². The zero-order chi connectivity index (χ0) is 18.7. The van der Waals surface area contributed by atoms with E-state index in [1.54, 1.807) is 0 Å². The van der Waals surface area contributed by atoms with Crippen molar-refractivity contribution in [1.82, 2.24) is 9.88 Å². The normalized spacial score (nSPS) is 20.3. The van der Waals surface area contributed by atoms with Crippen molar-refractivity contribution in [3.8, 4) is 0 Å². The van der Waals surface area contributed by atoms with Crippen LogP contribution in [0.3, 0.4) is 0 Å². The molecule has 1 saturated carbocycles. The maximum atomic E-state index is 12.6. The van der Waals surface area contributed by atoms with Crippen molar-refractivity contribution < 1.29 is 14.3 Å². The van der Waals surface area contributed by atoms with Crippen molar-refractivity contribution in [3.63, 3.8) is 0 Å². The van der Waals surface area contributed by atoms with Crippen LogP contribution in [0, 0.1) is 11.8 Å². The molecule has 1 fully saturated rings. The molecule has 1 amide bonds. The second-order valence-corrected chi connectivity index (χ2v) is 7.54. The molecule has 2 aromatic rings. The molecule has 1 aromatic heterocycles. The number of aromatic nitrogens is 1. The number of benzene rings is 1. The van der Waals surface area contributed by atoms with Gasteiger partial charge in [0.05, 0.1) is 13.0 Å². The van der Waals surface area contributed by atoms with E-state index >= 15 is 0 Å². The standard InChI is InChI=1S/C21H28N2O3/c1-14(2)23-11-10-16-8-9-18(12-19(16)23)20(24)22-13-15-4-6-17(7-5-15)21(25)26-3/h8-12,14-15,17H,4-7,13H2,1-3H3,(H,22,24). The number of carbonyl (C=O) groups excluding carboxylic acids is 2. The average molecular weight is 356 g/mol. The molecular weight excluding hydrogens is 328 g/mol. The Bertz CT molecular complexity index is 786. The Labute approximate surface area is 154 Å². The molecule has 1 aliphatic rings. The van der Waals surface area contributed by atoms with Gasteiger partial charge in [0.15, 0.2) is 0 Å². The molecule has 5 heteroatoms. The number of hydrogen-bond donors (Lipinski definition) is 1. The number of carbonyl (C=O) groups is 2. The molecule has 1 N–H and O–H groups in total. The van der Waals surface area contributed by atoms with Gasteiger partial charge in [0.25, 0.3) is 5.91 Å². The summed E-state index contributed by atoms with van der Waals surface area (Å²) in [7, 11) is 1.45. The highest BCUT2D eigenvalue weighted by Gasteiger charge is 2.27. The van der Waals surface area contributed by atoms with Crippen LogP contribution in [0.2, 0.25) is 0 Å². The third-order valence-electron chi connectivity index (χ3n) is 5.47. The topological polar surface area (TPSA) is 60.3 Å². The second kappa shape index (κ2) is 7.94. The van der Waals surface area contributed by atoms with Gasteiger partial charge in [-0.1, -0.05) is 6.07 Å². The molecule has 1 aliphatic carbocycles. The zero-order valence-corrected chi connectivity index (χ0v) is 15.8. The van der Waals surface area contributed by atoms with Gasteiger partial charge in [-0.25, -0.2) is 0 Å². The quantitative estimate of drug-likeness (QED) is 0.826. The Morgan fingerprint density at radius 3 is 2.58 bits per heavy atom. The highest BCUT2D eigenvalue weighted by atomic mass is 16.5. The monoisotopic (exact) mass is 356 g/mol. The fraction of sp³-hybridized carbons (Fsp3) is 0.524. The first-order valence-electron chi connectivity index (χ1n) is 9.46. The summed E-state index contributed by atoms with van der Waals surface area (Å²) in [6.07, 6.45) is 5.67. The number of esters is 1. The summed E-state index contributed by atoms with van der Waals surface area (Å²) in [5.74, 6) is 0.328. The summed E-state index contributed by atoms with van der Waals surface area (Å²) < 4.78 is 7.01. The highest BCUT2D eigenvalue weighted by molar-refractivity contribution is 5.98. The van der Waals surface area contributed by atoms with Gasteiger partial charge in [-0.15, -0.1) is 0 Å². The predicted octanol–water partition coefficient (Wildman–Crippen LogP) is 3.93. The van der Waals surface area contributed by atoms with Crippen LogP contribution in [0.1, 0.15) is 55.9 Å². The first kappa shape index (κ1) is 18.5. The predicted molar refractivity (Wildman–Crippen MR) is 102 cm³/mol. The van der Waals surface area contributed by atoms with Crippen molar-refractivity contribution in [2.24, 2.45) is 11.8 Å². The third kappa shape index (κ3) is 3.92. The van der Waals surface area contributed by atoms with Gasteiger partial charge in [-0.2, -0.15) is 0 Å². The van der Waals surface area contributed by atoms with E-state index in [-0.39, 0.29) is 17.8 Å². The number of fused-ring (bicyclic) bond motifs is 1. The minimum atomic E-state index is -0.103. The molecule has 5 nitrogen and oxygen atoms in total. The van der Waals surface area contributed by atoms with Gasteiger partial charge in [-0.3, -0.25) is 9.59 Å². The van der Waals surface area contributed by atoms with Gasteiger partial charge < -0.3 is 14.6 Å². The highest BCUT2D eigenvalue weighted by Crippen LogP contribution is 2.29. The molecule has 26 heavy (non-hydrogen) atoms. The largest absolute Gasteiger partial charge is 0.469 e. The van der Waals surface area contributed by atoms with Crippen LogP contribution in [0.15, 0.2) is 30.5 Å². The summed E-state index contributed by atoms with van der Waals surface area (Å²) in [6, 6.07) is 8.30. The Morgan fingerprint density at radius 1 is 1.19 bits per heavy atom. The number of ether oxygens (including phenoxy) is 1. The lowest BCUT2D eigenvalue weighted by atomic mass is 9.82. The van der Waals surface area contributed by atoms with E-state index in [1.807, 2.05) is 18.2 Å². The molecule has 0 radical (unpaired) electrons. The van der Waals surface area contributed by atoms with E-state index in [4.69, 9.17) is 4.74 Å². The maximum Gasteiger partial charge on any atom is 0.308 e. The summed E-state index contributed by atoms with van der Waals surface area (Å²) >= 11 is 0. The molecule has 0 aliphatic heterocycles. The van der Waals surface area contributed by atoms with Gasteiger partial charge >= 0.3 is 5.97 Å². The molecule has 0 spiro atoms. The van der Waals surface area contributed by atoms with Gasteiger partial charge in [0, 0.05) is 29.9 Å². The van der Waals surface area contributed by atoms with Crippen molar-refractivity contribution in [1.29, 1.82) is 0 Å². The molecular formula is C21H28N2O3. The minimum Gasteiger partial charge on any atom is -0.469 e. The van der Waals surface area contributed by atoms with E-state index in [2.05, 4.69) is 36.0 Å².